The molecule has 20 heavy (non-hydrogen) atoms. The molecule has 0 saturated heterocycles. The maximum absolute atomic E-state index is 3.53. The van der Waals surface area contributed by atoms with Gasteiger partial charge in [-0.3, -0.25) is 0 Å². The zero-order chi connectivity index (χ0) is 14.4. The van der Waals surface area contributed by atoms with Crippen LogP contribution in [0, 0.1) is 5.92 Å². The molecule has 108 valence electrons. The van der Waals surface area contributed by atoms with Crippen molar-refractivity contribution in [2.45, 2.75) is 20.8 Å². The van der Waals surface area contributed by atoms with Gasteiger partial charge in [0.2, 0.25) is 0 Å². The van der Waals surface area contributed by atoms with E-state index in [4.69, 9.17) is 0 Å². The Kier molecular flexibility index (Phi) is 5.42. The summed E-state index contributed by atoms with van der Waals surface area (Å²) in [5.41, 5.74) is 1.34. The van der Waals surface area contributed by atoms with Crippen LogP contribution in [-0.2, 0) is 0 Å². The number of benzene rings is 2. The van der Waals surface area contributed by atoms with Crippen molar-refractivity contribution in [3.63, 3.8) is 0 Å². The molecule has 2 heteroatoms. The minimum atomic E-state index is 0.711. The van der Waals surface area contributed by atoms with Crippen molar-refractivity contribution < 1.29 is 0 Å². The second kappa shape index (κ2) is 7.30. The number of anilines is 1. The predicted octanol–water partition coefficient (Wildman–Crippen LogP) is 3.91. The van der Waals surface area contributed by atoms with Gasteiger partial charge in [0.05, 0.1) is 0 Å². The standard InChI is InChI=1S/C18H26N2/c1-4-20(13-12-19-14-15(2)3)18-11-7-9-16-8-5-6-10-17(16)18/h5-11,15,19H,4,12-14H2,1-3H3. The molecule has 0 aliphatic heterocycles. The number of hydrogen-bond donors (Lipinski definition) is 1. The highest BCUT2D eigenvalue weighted by Crippen LogP contribution is 2.26. The van der Waals surface area contributed by atoms with Crippen LogP contribution < -0.4 is 10.2 Å². The van der Waals surface area contributed by atoms with E-state index < -0.39 is 0 Å². The minimum Gasteiger partial charge on any atom is -0.370 e. The van der Waals surface area contributed by atoms with Crippen molar-refractivity contribution in [1.82, 2.24) is 5.32 Å². The highest BCUT2D eigenvalue weighted by Gasteiger charge is 2.07. The SMILES string of the molecule is CCN(CCNCC(C)C)c1cccc2ccccc12. The van der Waals surface area contributed by atoms with Crippen LogP contribution in [0.3, 0.4) is 0 Å². The number of nitrogens with one attached hydrogen (secondary N) is 1. The van der Waals surface area contributed by atoms with Gasteiger partial charge in [-0.25, -0.2) is 0 Å². The van der Waals surface area contributed by atoms with Crippen LogP contribution in [-0.4, -0.2) is 26.2 Å². The van der Waals surface area contributed by atoms with Gasteiger partial charge in [0, 0.05) is 30.7 Å². The average Bonchev–Trinajstić information content (AvgIpc) is 2.47. The van der Waals surface area contributed by atoms with Gasteiger partial charge in [0.1, 0.15) is 0 Å². The first-order valence-corrected chi connectivity index (χ1v) is 7.65. The van der Waals surface area contributed by atoms with Crippen molar-refractivity contribution in [3.8, 4) is 0 Å². The quantitative estimate of drug-likeness (QED) is 0.767. The van der Waals surface area contributed by atoms with Crippen LogP contribution >= 0.6 is 0 Å². The van der Waals surface area contributed by atoms with E-state index >= 15 is 0 Å². The predicted molar refractivity (Wildman–Crippen MR) is 89.5 cm³/mol. The third kappa shape index (κ3) is 3.73. The van der Waals surface area contributed by atoms with Crippen LogP contribution in [0.1, 0.15) is 20.8 Å². The summed E-state index contributed by atoms with van der Waals surface area (Å²) < 4.78 is 0. The van der Waals surface area contributed by atoms with Gasteiger partial charge >= 0.3 is 0 Å². The van der Waals surface area contributed by atoms with Crippen molar-refractivity contribution in [3.05, 3.63) is 42.5 Å². The van der Waals surface area contributed by atoms with Crippen molar-refractivity contribution >= 4 is 16.5 Å². The van der Waals surface area contributed by atoms with Gasteiger partial charge in [-0.1, -0.05) is 50.2 Å². The summed E-state index contributed by atoms with van der Waals surface area (Å²) in [4.78, 5) is 2.45. The van der Waals surface area contributed by atoms with Gasteiger partial charge in [0.15, 0.2) is 0 Å². The van der Waals surface area contributed by atoms with Crippen LogP contribution in [0.15, 0.2) is 42.5 Å². The van der Waals surface area contributed by atoms with Crippen LogP contribution in [0.5, 0.6) is 0 Å². The average molecular weight is 270 g/mol. The molecule has 0 radical (unpaired) electrons. The number of rotatable bonds is 7. The molecule has 0 amide bonds. The van der Waals surface area contributed by atoms with E-state index in [0.717, 1.165) is 26.2 Å². The fraction of sp³-hybridized carbons (Fsp3) is 0.444. The molecule has 1 N–H and O–H groups in total. The second-order valence-electron chi connectivity index (χ2n) is 5.68. The summed E-state index contributed by atoms with van der Waals surface area (Å²) in [6, 6.07) is 15.2. The summed E-state index contributed by atoms with van der Waals surface area (Å²) in [7, 11) is 0. The molecule has 0 aromatic heterocycles. The zero-order valence-corrected chi connectivity index (χ0v) is 12.9. The lowest BCUT2D eigenvalue weighted by molar-refractivity contribution is 0.551. The number of likely N-dealkylation sites (N-methyl/N-ethyl adjacent to an activating group) is 1. The topological polar surface area (TPSA) is 15.3 Å². The van der Waals surface area contributed by atoms with Crippen molar-refractivity contribution in [2.24, 2.45) is 5.92 Å². The Balaban J connectivity index is 2.09. The molecule has 0 heterocycles. The smallest absolute Gasteiger partial charge is 0.0446 e. The van der Waals surface area contributed by atoms with Gasteiger partial charge in [-0.05, 0) is 30.8 Å². The lowest BCUT2D eigenvalue weighted by Crippen LogP contribution is -2.33. The summed E-state index contributed by atoms with van der Waals surface area (Å²) in [5.74, 6) is 0.711. The number of hydrogen-bond acceptors (Lipinski definition) is 2. The Morgan fingerprint density at radius 3 is 2.55 bits per heavy atom. The molecule has 2 nitrogen and oxygen atoms in total. The first-order chi connectivity index (χ1) is 9.72. The van der Waals surface area contributed by atoms with E-state index in [1.165, 1.54) is 16.5 Å². The van der Waals surface area contributed by atoms with Crippen molar-refractivity contribution in [2.75, 3.05) is 31.1 Å². The molecule has 2 rings (SSSR count). The third-order valence-corrected chi connectivity index (χ3v) is 3.60. The Bertz CT molecular complexity index is 528. The molecule has 0 spiro atoms. The van der Waals surface area contributed by atoms with E-state index in [1.807, 2.05) is 0 Å². The number of fused-ring (bicyclic) bond motifs is 1. The fourth-order valence-electron chi connectivity index (χ4n) is 2.54. The minimum absolute atomic E-state index is 0.711. The Hall–Kier alpha value is -1.54. The Labute approximate surface area is 122 Å². The molecular weight excluding hydrogens is 244 g/mol. The summed E-state index contributed by atoms with van der Waals surface area (Å²) >= 11 is 0. The first-order valence-electron chi connectivity index (χ1n) is 7.65. The van der Waals surface area contributed by atoms with E-state index in [2.05, 4.69) is 73.5 Å². The maximum Gasteiger partial charge on any atom is 0.0446 e. The molecule has 2 aromatic carbocycles. The van der Waals surface area contributed by atoms with Gasteiger partial charge in [0.25, 0.3) is 0 Å². The van der Waals surface area contributed by atoms with E-state index in [9.17, 15) is 0 Å². The van der Waals surface area contributed by atoms with Gasteiger partial charge in [-0.2, -0.15) is 0 Å². The Morgan fingerprint density at radius 2 is 1.80 bits per heavy atom. The molecule has 0 saturated carbocycles. The highest BCUT2D eigenvalue weighted by atomic mass is 15.1. The Morgan fingerprint density at radius 1 is 1.05 bits per heavy atom. The monoisotopic (exact) mass is 270 g/mol. The van der Waals surface area contributed by atoms with Crippen LogP contribution in [0.2, 0.25) is 0 Å². The highest BCUT2D eigenvalue weighted by molar-refractivity contribution is 5.94. The third-order valence-electron chi connectivity index (χ3n) is 3.60. The maximum atomic E-state index is 3.53. The molecule has 2 aromatic rings. The first kappa shape index (κ1) is 14.9. The normalized spacial score (nSPS) is 11.2. The van der Waals surface area contributed by atoms with Crippen LogP contribution in [0.25, 0.3) is 10.8 Å². The summed E-state index contributed by atoms with van der Waals surface area (Å²) in [5, 5.41) is 6.19. The molecular formula is C18H26N2. The van der Waals surface area contributed by atoms with E-state index in [1.54, 1.807) is 0 Å². The molecule has 0 bridgehead atoms. The van der Waals surface area contributed by atoms with E-state index in [0.29, 0.717) is 5.92 Å². The fourth-order valence-corrected chi connectivity index (χ4v) is 2.54. The lowest BCUT2D eigenvalue weighted by atomic mass is 10.1. The van der Waals surface area contributed by atoms with Gasteiger partial charge in [-0.15, -0.1) is 0 Å². The molecule has 0 aliphatic carbocycles. The summed E-state index contributed by atoms with van der Waals surface area (Å²) in [6.07, 6.45) is 0. The molecule has 0 aliphatic rings. The largest absolute Gasteiger partial charge is 0.370 e. The molecule has 0 fully saturated rings. The van der Waals surface area contributed by atoms with Gasteiger partial charge < -0.3 is 10.2 Å². The number of nitrogens with zero attached hydrogens (tertiary/aromatic N) is 1. The van der Waals surface area contributed by atoms with Crippen LogP contribution in [0.4, 0.5) is 5.69 Å². The van der Waals surface area contributed by atoms with E-state index in [-0.39, 0.29) is 0 Å². The summed E-state index contributed by atoms with van der Waals surface area (Å²) in [6.45, 7) is 10.9. The zero-order valence-electron chi connectivity index (χ0n) is 12.9. The second-order valence-corrected chi connectivity index (χ2v) is 5.68. The lowest BCUT2D eigenvalue weighted by Gasteiger charge is -2.25. The molecule has 0 unspecified atom stereocenters. The van der Waals surface area contributed by atoms with Crippen molar-refractivity contribution in [1.29, 1.82) is 0 Å². The molecule has 0 atom stereocenters.